The minimum Gasteiger partial charge on any atom is -0.324 e. The van der Waals surface area contributed by atoms with Crippen molar-refractivity contribution in [2.75, 3.05) is 5.32 Å². The van der Waals surface area contributed by atoms with Gasteiger partial charge in [-0.15, -0.1) is 0 Å². The first-order valence-electron chi connectivity index (χ1n) is 7.98. The first-order chi connectivity index (χ1) is 11.5. The third-order valence-electron chi connectivity index (χ3n) is 4.95. The Bertz CT molecular complexity index is 917. The number of rotatable bonds is 3. The summed E-state index contributed by atoms with van der Waals surface area (Å²) < 4.78 is 0. The molecule has 3 aromatic rings. The number of aromatic nitrogens is 2. The van der Waals surface area contributed by atoms with Crippen LogP contribution in [-0.4, -0.2) is 15.9 Å². The number of amides is 1. The molecule has 2 atom stereocenters. The smallest absolute Gasteiger partial charge is 0.230 e. The Hall–Kier alpha value is -2.33. The number of hydrogen-bond donors (Lipinski definition) is 2. The number of nitrogens with one attached hydrogen (secondary N) is 2. The number of aromatic amines is 1. The molecule has 2 aromatic carbocycles. The second-order valence-corrected chi connectivity index (χ2v) is 7.36. The van der Waals surface area contributed by atoms with Gasteiger partial charge in [-0.3, -0.25) is 10.1 Å². The predicted molar refractivity (Wildman–Crippen MR) is 96.2 cm³/mol. The van der Waals surface area contributed by atoms with Gasteiger partial charge in [0, 0.05) is 10.9 Å². The van der Waals surface area contributed by atoms with E-state index in [1.54, 1.807) is 12.1 Å². The molecule has 0 aliphatic heterocycles. The fourth-order valence-electron chi connectivity index (χ4n) is 3.65. The van der Waals surface area contributed by atoms with E-state index in [2.05, 4.69) is 41.3 Å². The van der Waals surface area contributed by atoms with E-state index in [0.29, 0.717) is 11.0 Å². The molecule has 24 heavy (non-hydrogen) atoms. The lowest BCUT2D eigenvalue weighted by atomic mass is 10.0. The topological polar surface area (TPSA) is 57.8 Å². The summed E-state index contributed by atoms with van der Waals surface area (Å²) >= 11 is 5.98. The quantitative estimate of drug-likeness (QED) is 0.733. The summed E-state index contributed by atoms with van der Waals surface area (Å²) in [6, 6.07) is 15.6. The summed E-state index contributed by atoms with van der Waals surface area (Å²) in [6.07, 6.45) is 0. The first-order valence-corrected chi connectivity index (χ1v) is 8.36. The molecular formula is C19H18ClN3O. The fraction of sp³-hybridized carbons (Fsp3) is 0.263. The zero-order valence-corrected chi connectivity index (χ0v) is 14.3. The highest BCUT2D eigenvalue weighted by Gasteiger charge is 2.62. The summed E-state index contributed by atoms with van der Waals surface area (Å²) in [5, 5.41) is 3.56. The van der Waals surface area contributed by atoms with E-state index < -0.39 is 0 Å². The van der Waals surface area contributed by atoms with Crippen molar-refractivity contribution in [1.29, 1.82) is 0 Å². The summed E-state index contributed by atoms with van der Waals surface area (Å²) in [7, 11) is 0. The molecule has 5 heteroatoms. The second-order valence-electron chi connectivity index (χ2n) is 6.92. The van der Waals surface area contributed by atoms with Gasteiger partial charge in [0.15, 0.2) is 0 Å². The van der Waals surface area contributed by atoms with Crippen LogP contribution in [0.5, 0.6) is 0 Å². The molecule has 2 unspecified atom stereocenters. The van der Waals surface area contributed by atoms with E-state index in [-0.39, 0.29) is 23.2 Å². The number of carbonyl (C=O) groups excluding carboxylic acids is 1. The molecule has 0 radical (unpaired) electrons. The number of fused-ring (bicyclic) bond motifs is 1. The van der Waals surface area contributed by atoms with Crippen molar-refractivity contribution in [1.82, 2.24) is 9.97 Å². The molecule has 1 amide bonds. The average Bonchev–Trinajstić information content (AvgIpc) is 2.92. The van der Waals surface area contributed by atoms with E-state index in [9.17, 15) is 4.79 Å². The Balaban J connectivity index is 1.55. The molecule has 1 fully saturated rings. The molecule has 4 nitrogen and oxygen atoms in total. The van der Waals surface area contributed by atoms with Crippen molar-refractivity contribution in [3.63, 3.8) is 0 Å². The number of H-pyrrole nitrogens is 1. The van der Waals surface area contributed by atoms with Gasteiger partial charge in [0.2, 0.25) is 11.9 Å². The zero-order valence-electron chi connectivity index (χ0n) is 13.5. The van der Waals surface area contributed by atoms with E-state index in [1.807, 2.05) is 24.3 Å². The van der Waals surface area contributed by atoms with Crippen molar-refractivity contribution < 1.29 is 4.79 Å². The largest absolute Gasteiger partial charge is 0.324 e. The minimum absolute atomic E-state index is 0.000920. The first kappa shape index (κ1) is 15.2. The molecule has 0 bridgehead atoms. The van der Waals surface area contributed by atoms with Gasteiger partial charge in [-0.2, -0.15) is 0 Å². The molecule has 1 aliphatic rings. The maximum Gasteiger partial charge on any atom is 0.230 e. The maximum absolute atomic E-state index is 12.7. The fourth-order valence-corrected chi connectivity index (χ4v) is 3.82. The predicted octanol–water partition coefficient (Wildman–Crippen LogP) is 4.59. The number of anilines is 1. The lowest BCUT2D eigenvalue weighted by Crippen LogP contribution is -2.17. The van der Waals surface area contributed by atoms with Crippen molar-refractivity contribution in [3.05, 3.63) is 59.1 Å². The standard InChI is InChI=1S/C19H18ClN3O/c1-19(2)15(11-6-4-3-5-7-11)16(19)17(24)23-18-21-13-9-8-12(20)10-14(13)22-18/h3-10,15-16H,1-2H3,(H2,21,22,23,24). The molecule has 0 saturated heterocycles. The van der Waals surface area contributed by atoms with Gasteiger partial charge in [0.05, 0.1) is 17.0 Å². The van der Waals surface area contributed by atoms with Crippen molar-refractivity contribution >= 4 is 34.5 Å². The van der Waals surface area contributed by atoms with Crippen LogP contribution in [0, 0.1) is 11.3 Å². The normalized spacial score (nSPS) is 21.6. The van der Waals surface area contributed by atoms with Gasteiger partial charge >= 0.3 is 0 Å². The van der Waals surface area contributed by atoms with Crippen molar-refractivity contribution in [2.45, 2.75) is 19.8 Å². The van der Waals surface area contributed by atoms with Gasteiger partial charge in [-0.1, -0.05) is 55.8 Å². The number of hydrogen-bond acceptors (Lipinski definition) is 2. The van der Waals surface area contributed by atoms with Crippen LogP contribution in [0.1, 0.15) is 25.3 Å². The zero-order chi connectivity index (χ0) is 16.9. The van der Waals surface area contributed by atoms with Crippen molar-refractivity contribution in [3.8, 4) is 0 Å². The Morgan fingerprint density at radius 2 is 1.96 bits per heavy atom. The molecule has 1 heterocycles. The highest BCUT2D eigenvalue weighted by molar-refractivity contribution is 6.31. The Morgan fingerprint density at radius 3 is 2.71 bits per heavy atom. The molecule has 0 spiro atoms. The van der Waals surface area contributed by atoms with Crippen LogP contribution in [0.4, 0.5) is 5.95 Å². The number of imidazole rings is 1. The summed E-state index contributed by atoms with van der Waals surface area (Å²) in [4.78, 5) is 20.2. The Morgan fingerprint density at radius 1 is 1.21 bits per heavy atom. The molecule has 1 aromatic heterocycles. The molecule has 2 N–H and O–H groups in total. The Kier molecular flexibility index (Phi) is 3.39. The maximum atomic E-state index is 12.7. The Labute approximate surface area is 145 Å². The SMILES string of the molecule is CC1(C)C(C(=O)Nc2nc3ccc(Cl)cc3[nH]2)C1c1ccccc1. The molecular weight excluding hydrogens is 322 g/mol. The average molecular weight is 340 g/mol. The van der Waals surface area contributed by atoms with Crippen LogP contribution < -0.4 is 5.32 Å². The summed E-state index contributed by atoms with van der Waals surface area (Å²) in [5.41, 5.74) is 2.75. The van der Waals surface area contributed by atoms with E-state index >= 15 is 0 Å². The van der Waals surface area contributed by atoms with Crippen LogP contribution in [0.15, 0.2) is 48.5 Å². The third kappa shape index (κ3) is 2.47. The van der Waals surface area contributed by atoms with Crippen molar-refractivity contribution in [2.24, 2.45) is 11.3 Å². The number of nitrogens with zero attached hydrogens (tertiary/aromatic N) is 1. The van der Waals surface area contributed by atoms with Gasteiger partial charge in [-0.05, 0) is 29.2 Å². The molecule has 1 saturated carbocycles. The van der Waals surface area contributed by atoms with Crippen LogP contribution in [0.25, 0.3) is 11.0 Å². The summed E-state index contributed by atoms with van der Waals surface area (Å²) in [6.45, 7) is 4.26. The number of halogens is 1. The molecule has 4 rings (SSSR count). The second kappa shape index (κ2) is 5.35. The van der Waals surface area contributed by atoms with Gasteiger partial charge < -0.3 is 4.98 Å². The number of carbonyl (C=O) groups is 1. The van der Waals surface area contributed by atoms with Gasteiger partial charge in [-0.25, -0.2) is 4.98 Å². The summed E-state index contributed by atoms with van der Waals surface area (Å²) in [5.74, 6) is 0.639. The van der Waals surface area contributed by atoms with E-state index in [1.165, 1.54) is 5.56 Å². The third-order valence-corrected chi connectivity index (χ3v) is 5.19. The minimum atomic E-state index is -0.0586. The van der Waals surface area contributed by atoms with Gasteiger partial charge in [0.25, 0.3) is 0 Å². The number of benzene rings is 2. The van der Waals surface area contributed by atoms with E-state index in [0.717, 1.165) is 11.0 Å². The highest BCUT2D eigenvalue weighted by Crippen LogP contribution is 2.64. The lowest BCUT2D eigenvalue weighted by Gasteiger charge is -2.02. The monoisotopic (exact) mass is 339 g/mol. The lowest BCUT2D eigenvalue weighted by molar-refractivity contribution is -0.118. The van der Waals surface area contributed by atoms with Crippen LogP contribution in [0.3, 0.4) is 0 Å². The van der Waals surface area contributed by atoms with Crippen LogP contribution >= 0.6 is 11.6 Å². The van der Waals surface area contributed by atoms with E-state index in [4.69, 9.17) is 11.6 Å². The molecule has 1 aliphatic carbocycles. The highest BCUT2D eigenvalue weighted by atomic mass is 35.5. The van der Waals surface area contributed by atoms with Crippen LogP contribution in [0.2, 0.25) is 5.02 Å². The molecule has 122 valence electrons. The van der Waals surface area contributed by atoms with Crippen LogP contribution in [-0.2, 0) is 4.79 Å². The van der Waals surface area contributed by atoms with Gasteiger partial charge in [0.1, 0.15) is 0 Å².